The fourth-order valence-corrected chi connectivity index (χ4v) is 1.46. The van der Waals surface area contributed by atoms with E-state index in [9.17, 15) is 17.6 Å². The summed E-state index contributed by atoms with van der Waals surface area (Å²) in [6, 6.07) is 4.33. The summed E-state index contributed by atoms with van der Waals surface area (Å²) in [5.41, 5.74) is 6.02. The Bertz CT molecular complexity index is 456. The van der Waals surface area contributed by atoms with Crippen LogP contribution in [0.5, 0.6) is 11.5 Å². The fraction of sp³-hybridized carbons (Fsp3) is 0.455. The lowest BCUT2D eigenvalue weighted by atomic mass is 10.1. The average molecular weight is 302 g/mol. The molecule has 0 amide bonds. The number of nitrogens with two attached hydrogens (primary N) is 1. The number of hydrogen-bond acceptors (Lipinski definition) is 3. The van der Waals surface area contributed by atoms with E-state index >= 15 is 0 Å². The largest absolute Gasteiger partial charge is 0.483 e. The first-order valence-corrected chi connectivity index (χ1v) is 5.20. The third-order valence-electron chi connectivity index (χ3n) is 2.60. The van der Waals surface area contributed by atoms with Gasteiger partial charge in [0.2, 0.25) is 0 Å². The normalized spacial score (nSPS) is 19.8. The second-order valence-corrected chi connectivity index (χ2v) is 3.97. The SMILES string of the molecule is Cl.NCc1ccc2c(c1)OCC(F)(F)C(F)(F)CO2. The predicted molar refractivity (Wildman–Crippen MR) is 62.5 cm³/mol. The standard InChI is InChI=1S/C11H11F4NO2.ClH/c12-10(13)5-17-8-2-1-7(4-16)3-9(8)18-6-11(10,14)15;/h1-3H,4-6,16H2;1H. The number of alkyl halides is 4. The van der Waals surface area contributed by atoms with Gasteiger partial charge in [-0.1, -0.05) is 6.07 Å². The molecule has 1 aromatic rings. The van der Waals surface area contributed by atoms with Gasteiger partial charge in [-0.3, -0.25) is 0 Å². The van der Waals surface area contributed by atoms with Gasteiger partial charge in [-0.05, 0) is 17.7 Å². The summed E-state index contributed by atoms with van der Waals surface area (Å²) in [5, 5.41) is 0. The summed E-state index contributed by atoms with van der Waals surface area (Å²) < 4.78 is 61.8. The van der Waals surface area contributed by atoms with E-state index in [0.29, 0.717) is 5.56 Å². The summed E-state index contributed by atoms with van der Waals surface area (Å²) in [6.07, 6.45) is 0. The van der Waals surface area contributed by atoms with Crippen molar-refractivity contribution >= 4 is 12.4 Å². The molecule has 0 radical (unpaired) electrons. The van der Waals surface area contributed by atoms with Gasteiger partial charge in [0, 0.05) is 6.54 Å². The molecular formula is C11H12ClF4NO2. The van der Waals surface area contributed by atoms with E-state index in [-0.39, 0.29) is 30.5 Å². The van der Waals surface area contributed by atoms with Crippen molar-refractivity contribution in [3.05, 3.63) is 23.8 Å². The van der Waals surface area contributed by atoms with Gasteiger partial charge in [0.25, 0.3) is 0 Å². The monoisotopic (exact) mass is 301 g/mol. The van der Waals surface area contributed by atoms with E-state index in [2.05, 4.69) is 4.74 Å². The molecule has 1 aromatic carbocycles. The zero-order valence-electron chi connectivity index (χ0n) is 9.67. The first-order chi connectivity index (χ1) is 8.36. The van der Waals surface area contributed by atoms with Crippen molar-refractivity contribution in [1.29, 1.82) is 0 Å². The zero-order valence-corrected chi connectivity index (χ0v) is 10.5. The highest BCUT2D eigenvalue weighted by Gasteiger charge is 2.58. The number of rotatable bonds is 1. The van der Waals surface area contributed by atoms with Gasteiger partial charge in [0.15, 0.2) is 24.7 Å². The van der Waals surface area contributed by atoms with Crippen LogP contribution >= 0.6 is 12.4 Å². The topological polar surface area (TPSA) is 44.5 Å². The van der Waals surface area contributed by atoms with E-state index in [0.717, 1.165) is 0 Å². The highest BCUT2D eigenvalue weighted by molar-refractivity contribution is 5.85. The Balaban J connectivity index is 0.00000180. The summed E-state index contributed by atoms with van der Waals surface area (Å²) in [4.78, 5) is 0. The van der Waals surface area contributed by atoms with Crippen molar-refractivity contribution in [2.45, 2.75) is 18.4 Å². The van der Waals surface area contributed by atoms with Crippen molar-refractivity contribution in [3.8, 4) is 11.5 Å². The lowest BCUT2D eigenvalue weighted by Gasteiger charge is -2.29. The lowest BCUT2D eigenvalue weighted by Crippen LogP contribution is -2.50. The molecule has 3 nitrogen and oxygen atoms in total. The second-order valence-electron chi connectivity index (χ2n) is 3.97. The van der Waals surface area contributed by atoms with Crippen LogP contribution in [0.4, 0.5) is 17.6 Å². The van der Waals surface area contributed by atoms with Crippen molar-refractivity contribution in [1.82, 2.24) is 0 Å². The molecule has 108 valence electrons. The van der Waals surface area contributed by atoms with Gasteiger partial charge in [0.05, 0.1) is 0 Å². The molecule has 0 fully saturated rings. The maximum atomic E-state index is 13.1. The quantitative estimate of drug-likeness (QED) is 0.811. The highest BCUT2D eigenvalue weighted by Crippen LogP contribution is 2.40. The molecule has 2 rings (SSSR count). The van der Waals surface area contributed by atoms with Crippen LogP contribution in [0.15, 0.2) is 18.2 Å². The Morgan fingerprint density at radius 3 is 2.05 bits per heavy atom. The van der Waals surface area contributed by atoms with Crippen LogP contribution < -0.4 is 15.2 Å². The maximum Gasteiger partial charge on any atom is 0.346 e. The minimum absolute atomic E-state index is 0. The van der Waals surface area contributed by atoms with Gasteiger partial charge in [-0.25, -0.2) is 0 Å². The minimum atomic E-state index is -4.27. The Morgan fingerprint density at radius 1 is 1.00 bits per heavy atom. The smallest absolute Gasteiger partial charge is 0.346 e. The first-order valence-electron chi connectivity index (χ1n) is 5.20. The van der Waals surface area contributed by atoms with E-state index in [1.54, 1.807) is 6.07 Å². The summed E-state index contributed by atoms with van der Waals surface area (Å²) in [5.74, 6) is -8.55. The van der Waals surface area contributed by atoms with Crippen LogP contribution in [0, 0.1) is 0 Å². The summed E-state index contributed by atoms with van der Waals surface area (Å²) in [6.45, 7) is -2.61. The molecule has 0 spiro atoms. The number of hydrogen-bond donors (Lipinski definition) is 1. The molecule has 1 heterocycles. The molecule has 19 heavy (non-hydrogen) atoms. The number of halogens is 5. The number of ether oxygens (including phenoxy) is 2. The average Bonchev–Trinajstić information content (AvgIpc) is 2.33. The van der Waals surface area contributed by atoms with Crippen LogP contribution in [-0.2, 0) is 6.54 Å². The maximum absolute atomic E-state index is 13.1. The Kier molecular flexibility index (Phi) is 4.52. The molecule has 0 saturated carbocycles. The molecule has 8 heteroatoms. The molecule has 0 bridgehead atoms. The van der Waals surface area contributed by atoms with Crippen molar-refractivity contribution in [2.24, 2.45) is 5.73 Å². The van der Waals surface area contributed by atoms with E-state index in [1.807, 2.05) is 0 Å². The minimum Gasteiger partial charge on any atom is -0.483 e. The first kappa shape index (κ1) is 15.8. The highest BCUT2D eigenvalue weighted by atomic mass is 35.5. The predicted octanol–water partition coefficient (Wildman–Crippen LogP) is 2.61. The Hall–Kier alpha value is -1.21. The Labute approximate surface area is 113 Å². The van der Waals surface area contributed by atoms with E-state index < -0.39 is 25.1 Å². The second kappa shape index (κ2) is 5.42. The Morgan fingerprint density at radius 2 is 1.53 bits per heavy atom. The molecule has 0 saturated heterocycles. The molecule has 0 atom stereocenters. The number of benzene rings is 1. The van der Waals surface area contributed by atoms with Gasteiger partial charge in [-0.2, -0.15) is 17.6 Å². The molecule has 1 aliphatic heterocycles. The van der Waals surface area contributed by atoms with Gasteiger partial charge in [0.1, 0.15) is 0 Å². The fourth-order valence-electron chi connectivity index (χ4n) is 1.46. The molecule has 0 aromatic heterocycles. The van der Waals surface area contributed by atoms with Crippen LogP contribution in [-0.4, -0.2) is 25.1 Å². The van der Waals surface area contributed by atoms with Crippen LogP contribution in [0.25, 0.3) is 0 Å². The third-order valence-corrected chi connectivity index (χ3v) is 2.60. The van der Waals surface area contributed by atoms with E-state index in [1.165, 1.54) is 12.1 Å². The molecule has 0 unspecified atom stereocenters. The lowest BCUT2D eigenvalue weighted by molar-refractivity contribution is -0.236. The van der Waals surface area contributed by atoms with Crippen LogP contribution in [0.3, 0.4) is 0 Å². The van der Waals surface area contributed by atoms with Crippen molar-refractivity contribution < 1.29 is 27.0 Å². The molecule has 2 N–H and O–H groups in total. The molecule has 1 aliphatic rings. The van der Waals surface area contributed by atoms with Crippen LogP contribution in [0.2, 0.25) is 0 Å². The van der Waals surface area contributed by atoms with Gasteiger partial charge >= 0.3 is 11.8 Å². The summed E-state index contributed by atoms with van der Waals surface area (Å²) in [7, 11) is 0. The number of fused-ring (bicyclic) bond motifs is 1. The van der Waals surface area contributed by atoms with Crippen molar-refractivity contribution in [3.63, 3.8) is 0 Å². The van der Waals surface area contributed by atoms with Crippen molar-refractivity contribution in [2.75, 3.05) is 13.2 Å². The third kappa shape index (κ3) is 3.03. The van der Waals surface area contributed by atoms with E-state index in [4.69, 9.17) is 10.5 Å². The molecule has 0 aliphatic carbocycles. The summed E-state index contributed by atoms with van der Waals surface area (Å²) >= 11 is 0. The van der Waals surface area contributed by atoms with Gasteiger partial charge < -0.3 is 15.2 Å². The molecular weight excluding hydrogens is 290 g/mol. The van der Waals surface area contributed by atoms with Crippen LogP contribution in [0.1, 0.15) is 5.56 Å². The van der Waals surface area contributed by atoms with Gasteiger partial charge in [-0.15, -0.1) is 12.4 Å². The zero-order chi connectivity index (χ0) is 13.4.